The van der Waals surface area contributed by atoms with Gasteiger partial charge in [0.1, 0.15) is 0 Å². The average molecular weight is 452 g/mol. The maximum atomic E-state index is 11.0. The van der Waals surface area contributed by atoms with Crippen LogP contribution in [-0.2, 0) is 16.0 Å². The number of rotatable bonds is 10. The van der Waals surface area contributed by atoms with Crippen molar-refractivity contribution in [1.82, 2.24) is 10.6 Å². The summed E-state index contributed by atoms with van der Waals surface area (Å²) in [6, 6.07) is 6.64. The zero-order valence-electron chi connectivity index (χ0n) is 14.0. The minimum atomic E-state index is -0.384. The second kappa shape index (κ2) is 13.9. The van der Waals surface area contributed by atoms with E-state index in [1.54, 1.807) is 32.4 Å². The first-order valence-electron chi connectivity index (χ1n) is 7.42. The lowest BCUT2D eigenvalue weighted by Crippen LogP contribution is -2.37. The molecule has 0 amide bonds. The van der Waals surface area contributed by atoms with Gasteiger partial charge in [-0.15, -0.1) is 24.0 Å². The molecule has 0 aliphatic heterocycles. The van der Waals surface area contributed by atoms with Gasteiger partial charge in [-0.25, -0.2) is 0 Å². The molecule has 136 valence electrons. The third kappa shape index (κ3) is 8.99. The second-order valence-electron chi connectivity index (χ2n) is 4.70. The highest BCUT2D eigenvalue weighted by atomic mass is 127. The topological polar surface area (TPSA) is 98.0 Å². The van der Waals surface area contributed by atoms with Gasteiger partial charge in [-0.05, 0) is 6.42 Å². The Morgan fingerprint density at radius 2 is 2.00 bits per heavy atom. The van der Waals surface area contributed by atoms with E-state index < -0.39 is 0 Å². The Labute approximate surface area is 159 Å². The number of methoxy groups -OCH3 is 1. The highest BCUT2D eigenvalue weighted by Gasteiger charge is 2.12. The van der Waals surface area contributed by atoms with E-state index in [-0.39, 0.29) is 34.6 Å². The molecule has 0 saturated carbocycles. The molecule has 1 rings (SSSR count). The quantitative estimate of drug-likeness (QED) is 0.141. The van der Waals surface area contributed by atoms with Crippen molar-refractivity contribution in [3.63, 3.8) is 0 Å². The monoisotopic (exact) mass is 452 g/mol. The molecule has 0 saturated heterocycles. The van der Waals surface area contributed by atoms with Crippen molar-refractivity contribution in [2.45, 2.75) is 13.0 Å². The molecule has 0 aliphatic rings. The number of hydrogen-bond donors (Lipinski definition) is 2. The minimum absolute atomic E-state index is 0. The number of guanidine groups is 1. The Hall–Kier alpha value is -1.46. The molecule has 0 radical (unpaired) electrons. The zero-order chi connectivity index (χ0) is 16.9. The summed E-state index contributed by atoms with van der Waals surface area (Å²) in [5.74, 6) is 0.597. The van der Waals surface area contributed by atoms with Crippen molar-refractivity contribution in [1.29, 1.82) is 0 Å². The molecule has 24 heavy (non-hydrogen) atoms. The van der Waals surface area contributed by atoms with Crippen LogP contribution in [0.2, 0.25) is 0 Å². The van der Waals surface area contributed by atoms with Gasteiger partial charge in [-0.2, -0.15) is 0 Å². The molecule has 2 N–H and O–H groups in total. The second-order valence-corrected chi connectivity index (χ2v) is 4.70. The fourth-order valence-corrected chi connectivity index (χ4v) is 1.86. The predicted molar refractivity (Wildman–Crippen MR) is 104 cm³/mol. The van der Waals surface area contributed by atoms with Crippen molar-refractivity contribution >= 4 is 35.6 Å². The molecule has 8 nitrogen and oxygen atoms in total. The van der Waals surface area contributed by atoms with E-state index in [1.165, 1.54) is 6.07 Å². The van der Waals surface area contributed by atoms with Gasteiger partial charge in [0.2, 0.25) is 0 Å². The van der Waals surface area contributed by atoms with Crippen LogP contribution in [0.15, 0.2) is 29.3 Å². The van der Waals surface area contributed by atoms with E-state index in [1.807, 2.05) is 0 Å². The summed E-state index contributed by atoms with van der Waals surface area (Å²) in [4.78, 5) is 14.7. The maximum absolute atomic E-state index is 11.0. The van der Waals surface area contributed by atoms with Crippen LogP contribution in [-0.4, -0.2) is 51.4 Å². The number of aliphatic imine (C=N–C) groups is 1. The molecule has 0 bridgehead atoms. The number of nitro benzene ring substituents is 1. The third-order valence-corrected chi connectivity index (χ3v) is 3.05. The van der Waals surface area contributed by atoms with Crippen molar-refractivity contribution in [3.8, 4) is 0 Å². The van der Waals surface area contributed by atoms with E-state index in [9.17, 15) is 10.1 Å². The molecule has 0 fully saturated rings. The first-order chi connectivity index (χ1) is 11.2. The lowest BCUT2D eigenvalue weighted by atomic mass is 10.2. The maximum Gasteiger partial charge on any atom is 0.274 e. The summed E-state index contributed by atoms with van der Waals surface area (Å²) in [5.41, 5.74) is 0.713. The first kappa shape index (κ1) is 22.5. The first-order valence-corrected chi connectivity index (χ1v) is 7.42. The van der Waals surface area contributed by atoms with Crippen LogP contribution in [0.3, 0.4) is 0 Å². The molecule has 1 aromatic rings. The summed E-state index contributed by atoms with van der Waals surface area (Å²) in [5, 5.41) is 17.2. The highest BCUT2D eigenvalue weighted by molar-refractivity contribution is 14.0. The fourth-order valence-electron chi connectivity index (χ4n) is 1.86. The summed E-state index contributed by atoms with van der Waals surface area (Å²) in [6.45, 7) is 2.84. The van der Waals surface area contributed by atoms with Gasteiger partial charge in [-0.3, -0.25) is 15.1 Å². The van der Waals surface area contributed by atoms with Crippen molar-refractivity contribution in [2.75, 3.05) is 40.5 Å². The Kier molecular flexibility index (Phi) is 13.1. The number of benzene rings is 1. The summed E-state index contributed by atoms with van der Waals surface area (Å²) < 4.78 is 10.2. The van der Waals surface area contributed by atoms with Gasteiger partial charge >= 0.3 is 0 Å². The van der Waals surface area contributed by atoms with Gasteiger partial charge in [0.25, 0.3) is 5.69 Å². The molecule has 0 aromatic heterocycles. The molecule has 0 atom stereocenters. The van der Waals surface area contributed by atoms with E-state index in [4.69, 9.17) is 9.47 Å². The number of hydrogen-bond acceptors (Lipinski definition) is 5. The SMILES string of the molecule is CN=C(NCCCOCCOC)NCc1ccccc1[N+](=O)[O-].I. The van der Waals surface area contributed by atoms with Gasteiger partial charge in [0, 0.05) is 45.5 Å². The van der Waals surface area contributed by atoms with Crippen LogP contribution in [0.25, 0.3) is 0 Å². The largest absolute Gasteiger partial charge is 0.382 e. The third-order valence-electron chi connectivity index (χ3n) is 3.05. The van der Waals surface area contributed by atoms with E-state index in [0.717, 1.165) is 6.42 Å². The Morgan fingerprint density at radius 3 is 2.67 bits per heavy atom. The highest BCUT2D eigenvalue weighted by Crippen LogP contribution is 2.16. The molecule has 1 aromatic carbocycles. The zero-order valence-corrected chi connectivity index (χ0v) is 16.3. The minimum Gasteiger partial charge on any atom is -0.382 e. The van der Waals surface area contributed by atoms with Gasteiger partial charge in [0.05, 0.1) is 18.1 Å². The Balaban J connectivity index is 0.00000529. The fraction of sp³-hybridized carbons (Fsp3) is 0.533. The Morgan fingerprint density at radius 1 is 1.25 bits per heavy atom. The normalized spacial score (nSPS) is 10.8. The van der Waals surface area contributed by atoms with E-state index in [2.05, 4.69) is 15.6 Å². The molecule has 0 aliphatic carbocycles. The van der Waals surface area contributed by atoms with Crippen LogP contribution in [0.5, 0.6) is 0 Å². The lowest BCUT2D eigenvalue weighted by molar-refractivity contribution is -0.385. The number of nitrogens with zero attached hydrogens (tertiary/aromatic N) is 2. The van der Waals surface area contributed by atoms with Crippen molar-refractivity contribution in [2.24, 2.45) is 4.99 Å². The standard InChI is InChI=1S/C15H24N4O4.HI/c1-16-15(17-8-5-9-23-11-10-22-2)18-12-13-6-3-4-7-14(13)19(20)21;/h3-4,6-7H,5,8-12H2,1-2H3,(H2,16,17,18);1H. The smallest absolute Gasteiger partial charge is 0.274 e. The van der Waals surface area contributed by atoms with Crippen molar-refractivity contribution < 1.29 is 14.4 Å². The number of para-hydroxylation sites is 1. The molecular weight excluding hydrogens is 427 g/mol. The number of halogens is 1. The molecular formula is C15H25IN4O4. The number of nitro groups is 1. The van der Waals surface area contributed by atoms with Crippen LogP contribution >= 0.6 is 24.0 Å². The van der Waals surface area contributed by atoms with Crippen molar-refractivity contribution in [3.05, 3.63) is 39.9 Å². The summed E-state index contributed by atoms with van der Waals surface area (Å²) in [6.07, 6.45) is 0.829. The molecule has 9 heteroatoms. The van der Waals surface area contributed by atoms with E-state index >= 15 is 0 Å². The summed E-state index contributed by atoms with van der Waals surface area (Å²) in [7, 11) is 3.29. The molecule has 0 heterocycles. The van der Waals surface area contributed by atoms with Crippen LogP contribution in [0.4, 0.5) is 5.69 Å². The molecule has 0 spiro atoms. The van der Waals surface area contributed by atoms with Crippen LogP contribution in [0, 0.1) is 10.1 Å². The number of ether oxygens (including phenoxy) is 2. The predicted octanol–water partition coefficient (Wildman–Crippen LogP) is 1.93. The van der Waals surface area contributed by atoms with Gasteiger partial charge in [0.15, 0.2) is 5.96 Å². The lowest BCUT2D eigenvalue weighted by Gasteiger charge is -2.12. The van der Waals surface area contributed by atoms with Gasteiger partial charge < -0.3 is 20.1 Å². The van der Waals surface area contributed by atoms with Gasteiger partial charge in [-0.1, -0.05) is 18.2 Å². The molecule has 0 unspecified atom stereocenters. The van der Waals surface area contributed by atoms with E-state index in [0.29, 0.717) is 44.4 Å². The summed E-state index contributed by atoms with van der Waals surface area (Å²) >= 11 is 0. The average Bonchev–Trinajstić information content (AvgIpc) is 2.57. The van der Waals surface area contributed by atoms with Crippen LogP contribution < -0.4 is 10.6 Å². The van der Waals surface area contributed by atoms with Crippen LogP contribution in [0.1, 0.15) is 12.0 Å². The Bertz CT molecular complexity index is 514. The number of nitrogens with one attached hydrogen (secondary N) is 2.